The molecule has 1 unspecified atom stereocenters. The lowest BCUT2D eigenvalue weighted by molar-refractivity contribution is -0.137. The monoisotopic (exact) mass is 483 g/mol. The number of anilines is 3. The highest BCUT2D eigenvalue weighted by molar-refractivity contribution is 5.93. The van der Waals surface area contributed by atoms with Crippen LogP contribution in [0.15, 0.2) is 60.8 Å². The quantitative estimate of drug-likeness (QED) is 0.329. The summed E-state index contributed by atoms with van der Waals surface area (Å²) in [5.41, 5.74) is 1.05. The van der Waals surface area contributed by atoms with E-state index in [9.17, 15) is 18.0 Å². The number of halogens is 3. The van der Waals surface area contributed by atoms with Gasteiger partial charge in [-0.2, -0.15) is 13.2 Å². The number of hydrogen-bond acceptors (Lipinski definition) is 6. The number of hydrogen-bond donors (Lipinski definition) is 3. The zero-order valence-corrected chi connectivity index (χ0v) is 18.2. The molecule has 2 aromatic carbocycles. The first kappa shape index (κ1) is 22.7. The number of pyridine rings is 1. The van der Waals surface area contributed by atoms with Crippen LogP contribution in [0.2, 0.25) is 0 Å². The summed E-state index contributed by atoms with van der Waals surface area (Å²) < 4.78 is 49.5. The van der Waals surface area contributed by atoms with Crippen molar-refractivity contribution >= 4 is 34.4 Å². The molecule has 35 heavy (non-hydrogen) atoms. The van der Waals surface area contributed by atoms with Gasteiger partial charge in [0.1, 0.15) is 23.4 Å². The second-order valence-electron chi connectivity index (χ2n) is 7.93. The molecular formula is C24H20F3N5O3. The number of imidazole rings is 1. The first-order valence-electron chi connectivity index (χ1n) is 10.8. The van der Waals surface area contributed by atoms with Gasteiger partial charge < -0.3 is 25.1 Å². The summed E-state index contributed by atoms with van der Waals surface area (Å²) in [5.74, 6) is 1.49. The molecule has 0 aliphatic carbocycles. The van der Waals surface area contributed by atoms with E-state index >= 15 is 0 Å². The van der Waals surface area contributed by atoms with Gasteiger partial charge in [-0.15, -0.1) is 0 Å². The van der Waals surface area contributed by atoms with E-state index in [-0.39, 0.29) is 5.91 Å². The van der Waals surface area contributed by atoms with Crippen molar-refractivity contribution in [1.82, 2.24) is 15.0 Å². The maximum atomic E-state index is 12.7. The minimum Gasteiger partial charge on any atom is -0.457 e. The lowest BCUT2D eigenvalue weighted by atomic mass is 10.2. The molecule has 0 bridgehead atoms. The van der Waals surface area contributed by atoms with E-state index in [4.69, 9.17) is 9.47 Å². The number of rotatable bonds is 6. The number of aromatic amines is 1. The maximum absolute atomic E-state index is 12.7. The van der Waals surface area contributed by atoms with E-state index < -0.39 is 17.8 Å². The van der Waals surface area contributed by atoms with Gasteiger partial charge in [0.05, 0.1) is 16.6 Å². The average molecular weight is 483 g/mol. The summed E-state index contributed by atoms with van der Waals surface area (Å²) in [6.07, 6.45) is -1.79. The van der Waals surface area contributed by atoms with Crippen LogP contribution in [0.4, 0.5) is 30.6 Å². The number of carbonyl (C=O) groups excluding carboxylic acids is 1. The summed E-state index contributed by atoms with van der Waals surface area (Å²) in [6.45, 7) is 0.576. The van der Waals surface area contributed by atoms with Gasteiger partial charge in [-0.1, -0.05) is 0 Å². The second-order valence-corrected chi connectivity index (χ2v) is 7.93. The molecule has 1 aliphatic heterocycles. The molecule has 4 aromatic rings. The highest BCUT2D eigenvalue weighted by Gasteiger charge is 2.30. The van der Waals surface area contributed by atoms with E-state index in [1.54, 1.807) is 30.3 Å². The molecule has 1 saturated heterocycles. The normalized spacial score (nSPS) is 15.8. The lowest BCUT2D eigenvalue weighted by Gasteiger charge is -2.11. The molecule has 3 heterocycles. The third kappa shape index (κ3) is 5.35. The minimum absolute atomic E-state index is 0.237. The van der Waals surface area contributed by atoms with Crippen LogP contribution in [0.5, 0.6) is 11.5 Å². The number of ether oxygens (including phenoxy) is 2. The van der Waals surface area contributed by atoms with Gasteiger partial charge in [-0.3, -0.25) is 4.79 Å². The van der Waals surface area contributed by atoms with Gasteiger partial charge in [-0.25, -0.2) is 9.97 Å². The number of nitrogens with one attached hydrogen (secondary N) is 3. The molecule has 1 aliphatic rings. The van der Waals surface area contributed by atoms with Crippen LogP contribution in [0, 0.1) is 0 Å². The van der Waals surface area contributed by atoms with Crippen LogP contribution < -0.4 is 15.4 Å². The molecule has 1 atom stereocenters. The molecule has 2 aromatic heterocycles. The molecule has 11 heteroatoms. The SMILES string of the molecule is O=C(Nc1cc(Oc2ccc3nc(Nc4ccc(C(F)(F)F)cc4)[nH]c3c2)ccn1)C1CCCO1. The van der Waals surface area contributed by atoms with E-state index in [0.29, 0.717) is 53.0 Å². The average Bonchev–Trinajstić information content (AvgIpc) is 3.49. The number of fused-ring (bicyclic) bond motifs is 1. The van der Waals surface area contributed by atoms with E-state index in [1.807, 2.05) is 0 Å². The highest BCUT2D eigenvalue weighted by atomic mass is 19.4. The Bertz CT molecular complexity index is 1350. The van der Waals surface area contributed by atoms with Gasteiger partial charge in [0.15, 0.2) is 0 Å². The number of nitrogens with zero attached hydrogens (tertiary/aromatic N) is 2. The van der Waals surface area contributed by atoms with Crippen molar-refractivity contribution in [2.75, 3.05) is 17.2 Å². The Balaban J connectivity index is 1.27. The third-order valence-electron chi connectivity index (χ3n) is 5.37. The van der Waals surface area contributed by atoms with Crippen molar-refractivity contribution in [2.45, 2.75) is 25.1 Å². The number of carbonyl (C=O) groups is 1. The van der Waals surface area contributed by atoms with Crippen molar-refractivity contribution in [3.8, 4) is 11.5 Å². The summed E-state index contributed by atoms with van der Waals surface area (Å²) in [7, 11) is 0. The fraction of sp³-hybridized carbons (Fsp3) is 0.208. The predicted molar refractivity (Wildman–Crippen MR) is 123 cm³/mol. The Morgan fingerprint density at radius 3 is 2.63 bits per heavy atom. The third-order valence-corrected chi connectivity index (χ3v) is 5.37. The van der Waals surface area contributed by atoms with Gasteiger partial charge in [0.2, 0.25) is 5.95 Å². The number of alkyl halides is 3. The van der Waals surface area contributed by atoms with Crippen LogP contribution in [0.1, 0.15) is 18.4 Å². The van der Waals surface area contributed by atoms with Crippen molar-refractivity contribution in [3.63, 3.8) is 0 Å². The molecule has 8 nitrogen and oxygen atoms in total. The molecule has 1 fully saturated rings. The Hall–Kier alpha value is -4.12. The Kier molecular flexibility index (Phi) is 6.00. The first-order valence-corrected chi connectivity index (χ1v) is 10.8. The first-order chi connectivity index (χ1) is 16.8. The van der Waals surface area contributed by atoms with Crippen LogP contribution in [0.25, 0.3) is 11.0 Å². The highest BCUT2D eigenvalue weighted by Crippen LogP contribution is 2.31. The summed E-state index contributed by atoms with van der Waals surface area (Å²) in [6, 6.07) is 13.2. The molecule has 5 rings (SSSR count). The Labute approximate surface area is 197 Å². The van der Waals surface area contributed by atoms with Crippen LogP contribution in [-0.2, 0) is 15.7 Å². The van der Waals surface area contributed by atoms with Crippen molar-refractivity contribution in [2.24, 2.45) is 0 Å². The topological polar surface area (TPSA) is 101 Å². The molecular weight excluding hydrogens is 463 g/mol. The van der Waals surface area contributed by atoms with Crippen molar-refractivity contribution < 1.29 is 27.4 Å². The largest absolute Gasteiger partial charge is 0.457 e. The van der Waals surface area contributed by atoms with E-state index in [2.05, 4.69) is 25.6 Å². The van der Waals surface area contributed by atoms with Gasteiger partial charge in [-0.05, 0) is 55.3 Å². The molecule has 3 N–H and O–H groups in total. The molecule has 0 saturated carbocycles. The van der Waals surface area contributed by atoms with Crippen LogP contribution in [0.3, 0.4) is 0 Å². The molecule has 0 spiro atoms. The molecule has 1 amide bonds. The van der Waals surface area contributed by atoms with Crippen molar-refractivity contribution in [1.29, 1.82) is 0 Å². The van der Waals surface area contributed by atoms with Gasteiger partial charge in [0.25, 0.3) is 5.91 Å². The Morgan fingerprint density at radius 2 is 1.89 bits per heavy atom. The zero-order chi connectivity index (χ0) is 24.4. The number of amides is 1. The smallest absolute Gasteiger partial charge is 0.416 e. The van der Waals surface area contributed by atoms with Crippen molar-refractivity contribution in [3.05, 3.63) is 66.4 Å². The summed E-state index contributed by atoms with van der Waals surface area (Å²) >= 11 is 0. The fourth-order valence-corrected chi connectivity index (χ4v) is 3.66. The van der Waals surface area contributed by atoms with Gasteiger partial charge >= 0.3 is 6.18 Å². The van der Waals surface area contributed by atoms with Crippen LogP contribution >= 0.6 is 0 Å². The number of aromatic nitrogens is 3. The number of H-pyrrole nitrogens is 1. The predicted octanol–water partition coefficient (Wildman–Crippen LogP) is 5.63. The van der Waals surface area contributed by atoms with Gasteiger partial charge in [0, 0.05) is 30.6 Å². The zero-order valence-electron chi connectivity index (χ0n) is 18.2. The standard InChI is InChI=1S/C24H20F3N5O3/c25-24(26,27)14-3-5-15(6-4-14)29-23-30-18-8-7-16(12-19(18)31-23)35-17-9-10-28-21(13-17)32-22(33)20-2-1-11-34-20/h3-10,12-13,20H,1-2,11H2,(H,28,32,33)(H2,29,30,31). The maximum Gasteiger partial charge on any atom is 0.416 e. The summed E-state index contributed by atoms with van der Waals surface area (Å²) in [5, 5.41) is 5.69. The minimum atomic E-state index is -4.39. The fourth-order valence-electron chi connectivity index (χ4n) is 3.66. The lowest BCUT2D eigenvalue weighted by Crippen LogP contribution is -2.27. The number of benzene rings is 2. The summed E-state index contributed by atoms with van der Waals surface area (Å²) in [4.78, 5) is 23.9. The Morgan fingerprint density at radius 1 is 1.09 bits per heavy atom. The molecule has 180 valence electrons. The van der Waals surface area contributed by atoms with E-state index in [0.717, 1.165) is 18.6 Å². The van der Waals surface area contributed by atoms with Crippen LogP contribution in [-0.4, -0.2) is 33.6 Å². The molecule has 0 radical (unpaired) electrons. The van der Waals surface area contributed by atoms with E-state index in [1.165, 1.54) is 18.3 Å². The second kappa shape index (κ2) is 9.26.